The zero-order chi connectivity index (χ0) is 45.0. The van der Waals surface area contributed by atoms with Gasteiger partial charge in [0.05, 0.1) is 0 Å². The smallest absolute Gasteiger partial charge is 0.181 e. The number of furan rings is 1. The molecule has 1 aromatic heterocycles. The fourth-order valence-corrected chi connectivity index (χ4v) is 15.9. The van der Waals surface area contributed by atoms with Crippen molar-refractivity contribution in [3.63, 3.8) is 0 Å². The SMILES string of the molecule is CC1(C)c2ccccc2-c2ccc(N(c3ccccc3)c3ccccc3[Si](c3ccccc3)(c3ccccc3)c3cccc(N(c4ccccc4)c4ccc5oc6ccccc6c5c4)c3)cc21. The lowest BCUT2D eigenvalue weighted by Crippen LogP contribution is -2.75. The zero-order valence-electron chi connectivity index (χ0n) is 37.6. The summed E-state index contributed by atoms with van der Waals surface area (Å²) in [7, 11) is -3.21. The average molecular weight is 877 g/mol. The number of hydrogen-bond acceptors (Lipinski definition) is 3. The Morgan fingerprint density at radius 3 is 1.58 bits per heavy atom. The molecule has 10 aromatic carbocycles. The quantitative estimate of drug-likeness (QED) is 0.101. The van der Waals surface area contributed by atoms with Gasteiger partial charge in [0.1, 0.15) is 11.2 Å². The molecule has 0 N–H and O–H groups in total. The van der Waals surface area contributed by atoms with E-state index in [0.717, 1.165) is 56.1 Å². The summed E-state index contributed by atoms with van der Waals surface area (Å²) in [5, 5.41) is 7.40. The second kappa shape index (κ2) is 16.4. The number of benzene rings is 10. The monoisotopic (exact) mass is 876 g/mol. The average Bonchev–Trinajstić information content (AvgIpc) is 3.87. The van der Waals surface area contributed by atoms with Crippen LogP contribution in [0.4, 0.5) is 34.1 Å². The van der Waals surface area contributed by atoms with Gasteiger partial charge in [-0.1, -0.05) is 190 Å². The first-order valence-electron chi connectivity index (χ1n) is 23.2. The van der Waals surface area contributed by atoms with Crippen molar-refractivity contribution in [2.45, 2.75) is 19.3 Å². The molecule has 320 valence electrons. The Labute approximate surface area is 393 Å². The molecule has 0 amide bonds. The molecule has 0 saturated carbocycles. The van der Waals surface area contributed by atoms with Crippen LogP contribution in [0.15, 0.2) is 259 Å². The topological polar surface area (TPSA) is 19.6 Å². The molecule has 1 heterocycles. The largest absolute Gasteiger partial charge is 0.456 e. The summed E-state index contributed by atoms with van der Waals surface area (Å²) in [5.74, 6) is 0. The van der Waals surface area contributed by atoms with E-state index in [1.807, 2.05) is 12.1 Å². The van der Waals surface area contributed by atoms with Gasteiger partial charge < -0.3 is 14.2 Å². The second-order valence-corrected chi connectivity index (χ2v) is 21.8. The predicted molar refractivity (Wildman–Crippen MR) is 284 cm³/mol. The normalized spacial score (nSPS) is 12.7. The Morgan fingerprint density at radius 2 is 0.851 bits per heavy atom. The fourth-order valence-electron chi connectivity index (χ4n) is 10.9. The molecule has 0 aliphatic heterocycles. The van der Waals surface area contributed by atoms with Crippen LogP contribution in [0.25, 0.3) is 33.1 Å². The Bertz CT molecular complexity index is 3530. The van der Waals surface area contributed by atoms with Crippen LogP contribution in [-0.4, -0.2) is 8.07 Å². The van der Waals surface area contributed by atoms with Crippen molar-refractivity contribution in [1.82, 2.24) is 0 Å². The molecule has 4 heteroatoms. The van der Waals surface area contributed by atoms with Gasteiger partial charge in [-0.25, -0.2) is 0 Å². The van der Waals surface area contributed by atoms with Crippen molar-refractivity contribution >= 4 is 84.9 Å². The van der Waals surface area contributed by atoms with Crippen LogP contribution in [0.1, 0.15) is 25.0 Å². The van der Waals surface area contributed by atoms with E-state index in [0.29, 0.717) is 0 Å². The molecule has 0 radical (unpaired) electrons. The number of anilines is 6. The summed E-state index contributed by atoms with van der Waals surface area (Å²) in [6.07, 6.45) is 0. The molecule has 0 atom stereocenters. The van der Waals surface area contributed by atoms with Crippen LogP contribution in [0.5, 0.6) is 0 Å². The van der Waals surface area contributed by atoms with Gasteiger partial charge in [-0.2, -0.15) is 0 Å². The molecule has 67 heavy (non-hydrogen) atoms. The number of hydrogen-bond donors (Lipinski definition) is 0. The van der Waals surface area contributed by atoms with Gasteiger partial charge in [0.25, 0.3) is 0 Å². The maximum atomic E-state index is 6.33. The minimum absolute atomic E-state index is 0.156. The van der Waals surface area contributed by atoms with Crippen LogP contribution in [-0.2, 0) is 5.41 Å². The van der Waals surface area contributed by atoms with Gasteiger partial charge in [0.15, 0.2) is 8.07 Å². The summed E-state index contributed by atoms with van der Waals surface area (Å²) in [6.45, 7) is 4.73. The van der Waals surface area contributed by atoms with E-state index in [1.54, 1.807) is 0 Å². The van der Waals surface area contributed by atoms with Gasteiger partial charge in [-0.15, -0.1) is 0 Å². The van der Waals surface area contributed by atoms with Crippen LogP contribution >= 0.6 is 0 Å². The lowest BCUT2D eigenvalue weighted by atomic mass is 9.82. The standard InChI is InChI=1S/C63H48N2OSi/c1-63(2)57-34-17-15-32-53(57)54-40-38-49(44-58(54)63)65(46-24-9-4-10-25-46)59-35-18-20-37-62(59)67(50-27-11-5-12-28-50,51-29-13-6-14-30-51)52-31-21-26-47(42-52)64(45-22-7-3-8-23-45)48-39-41-61-56(43-48)55-33-16-19-36-60(55)66-61/h3-44H,1-2H3. The van der Waals surface area contributed by atoms with Gasteiger partial charge in [0, 0.05) is 50.3 Å². The maximum Gasteiger partial charge on any atom is 0.181 e. The van der Waals surface area contributed by atoms with Crippen molar-refractivity contribution in [2.24, 2.45) is 0 Å². The molecule has 0 bridgehead atoms. The van der Waals surface area contributed by atoms with E-state index in [9.17, 15) is 0 Å². The zero-order valence-corrected chi connectivity index (χ0v) is 38.6. The highest BCUT2D eigenvalue weighted by Crippen LogP contribution is 2.50. The third kappa shape index (κ3) is 6.63. The molecule has 3 nitrogen and oxygen atoms in total. The first-order valence-corrected chi connectivity index (χ1v) is 25.2. The fraction of sp³-hybridized carbons (Fsp3) is 0.0476. The Balaban J connectivity index is 1.12. The molecule has 0 spiro atoms. The molecule has 12 rings (SSSR count). The van der Waals surface area contributed by atoms with Crippen LogP contribution < -0.4 is 30.5 Å². The summed E-state index contributed by atoms with van der Waals surface area (Å²) in [5.41, 5.74) is 13.6. The maximum absolute atomic E-state index is 6.33. The van der Waals surface area contributed by atoms with E-state index in [2.05, 4.69) is 266 Å². The number of fused-ring (bicyclic) bond motifs is 6. The number of rotatable bonds is 10. The van der Waals surface area contributed by atoms with Crippen molar-refractivity contribution in [3.05, 3.63) is 266 Å². The highest BCUT2D eigenvalue weighted by atomic mass is 28.3. The Hall–Kier alpha value is -8.18. The summed E-state index contributed by atoms with van der Waals surface area (Å²) in [6, 6.07) is 93.7. The first kappa shape index (κ1) is 40.3. The van der Waals surface area contributed by atoms with Gasteiger partial charge in [0.2, 0.25) is 0 Å². The Morgan fingerprint density at radius 1 is 0.343 bits per heavy atom. The van der Waals surface area contributed by atoms with Crippen molar-refractivity contribution in [2.75, 3.05) is 9.80 Å². The molecule has 0 fully saturated rings. The number of nitrogens with zero attached hydrogens (tertiary/aromatic N) is 2. The van der Waals surface area contributed by atoms with E-state index in [1.165, 1.54) is 43.0 Å². The molecular weight excluding hydrogens is 829 g/mol. The van der Waals surface area contributed by atoms with E-state index >= 15 is 0 Å². The lowest BCUT2D eigenvalue weighted by molar-refractivity contribution is 0.660. The molecule has 0 unspecified atom stereocenters. The van der Waals surface area contributed by atoms with E-state index in [4.69, 9.17) is 4.42 Å². The van der Waals surface area contributed by atoms with E-state index < -0.39 is 8.07 Å². The number of para-hydroxylation sites is 4. The van der Waals surface area contributed by atoms with Crippen molar-refractivity contribution in [3.8, 4) is 11.1 Å². The highest BCUT2D eigenvalue weighted by Gasteiger charge is 2.44. The van der Waals surface area contributed by atoms with Crippen molar-refractivity contribution in [1.29, 1.82) is 0 Å². The Kier molecular flexibility index (Phi) is 9.85. The third-order valence-electron chi connectivity index (χ3n) is 14.0. The van der Waals surface area contributed by atoms with Crippen LogP contribution in [0.2, 0.25) is 0 Å². The summed E-state index contributed by atoms with van der Waals surface area (Å²) < 4.78 is 6.33. The molecule has 1 aliphatic rings. The molecular formula is C63H48N2OSi. The third-order valence-corrected chi connectivity index (χ3v) is 18.8. The minimum Gasteiger partial charge on any atom is -0.456 e. The predicted octanol–water partition coefficient (Wildman–Crippen LogP) is 14.2. The molecule has 11 aromatic rings. The van der Waals surface area contributed by atoms with Crippen LogP contribution in [0.3, 0.4) is 0 Å². The minimum atomic E-state index is -3.21. The van der Waals surface area contributed by atoms with Crippen molar-refractivity contribution < 1.29 is 4.42 Å². The van der Waals surface area contributed by atoms with Gasteiger partial charge in [-0.05, 0) is 122 Å². The highest BCUT2D eigenvalue weighted by molar-refractivity contribution is 7.20. The molecule has 0 saturated heterocycles. The second-order valence-electron chi connectivity index (χ2n) is 18.1. The van der Waals surface area contributed by atoms with Gasteiger partial charge >= 0.3 is 0 Å². The van der Waals surface area contributed by atoms with Crippen LogP contribution in [0, 0.1) is 0 Å². The van der Waals surface area contributed by atoms with Gasteiger partial charge in [-0.3, -0.25) is 0 Å². The first-order chi connectivity index (χ1) is 33.0. The lowest BCUT2D eigenvalue weighted by Gasteiger charge is -2.39. The van der Waals surface area contributed by atoms with E-state index in [-0.39, 0.29) is 5.41 Å². The molecule has 1 aliphatic carbocycles. The summed E-state index contributed by atoms with van der Waals surface area (Å²) in [4.78, 5) is 4.90. The summed E-state index contributed by atoms with van der Waals surface area (Å²) >= 11 is 0.